The van der Waals surface area contributed by atoms with Crippen LogP contribution in [0.4, 0.5) is 9.59 Å². The number of thioether (sulfide) groups is 2. The number of aliphatic hydroxyl groups is 1. The molecule has 1 saturated heterocycles. The first kappa shape index (κ1) is 42.3. The minimum Gasteiger partial charge on any atom is -0.444 e. The number of benzene rings is 1. The number of amides is 4. The van der Waals surface area contributed by atoms with Gasteiger partial charge in [0.2, 0.25) is 5.91 Å². The zero-order chi connectivity index (χ0) is 38.2. The van der Waals surface area contributed by atoms with Gasteiger partial charge in [0.25, 0.3) is 5.91 Å². The van der Waals surface area contributed by atoms with Gasteiger partial charge in [0.15, 0.2) is 6.10 Å². The number of carbonyl (C=O) groups is 4. The van der Waals surface area contributed by atoms with E-state index in [1.165, 1.54) is 34.8 Å². The molecule has 1 aliphatic heterocycles. The number of aromatic nitrogens is 1. The molecule has 0 radical (unpaired) electrons. The standard InChI is InChI=1S/C39H57N5O7S2/c1-39(2,3)51-37(48)41-29-18-21-44(22-19-29)38(49)50-33(24-28-15-9-6-10-16-28)36(47)43-31(25-52-4)35(46)42-30(23-27-13-7-5-8-14-27)32(45)26-53-34-17-11-12-20-40-34/h6,9-12,15-17,20,27,29-33,45H,5,7-8,13-14,18-19,21-26H2,1-4H3,(H,41,48)(H,42,46)(H,43,47)/t30-,31-,32-,33-/m0/s1. The lowest BCUT2D eigenvalue weighted by Gasteiger charge is -2.33. The lowest BCUT2D eigenvalue weighted by Crippen LogP contribution is -2.56. The number of piperidine rings is 1. The van der Waals surface area contributed by atoms with Crippen LogP contribution in [0.1, 0.15) is 77.7 Å². The molecule has 1 aromatic carbocycles. The van der Waals surface area contributed by atoms with E-state index >= 15 is 0 Å². The molecule has 4 atom stereocenters. The van der Waals surface area contributed by atoms with E-state index in [0.717, 1.165) is 36.3 Å². The van der Waals surface area contributed by atoms with Crippen LogP contribution in [0, 0.1) is 5.92 Å². The molecule has 1 aromatic heterocycles. The Morgan fingerprint density at radius 1 is 0.925 bits per heavy atom. The highest BCUT2D eigenvalue weighted by molar-refractivity contribution is 7.99. The van der Waals surface area contributed by atoms with E-state index in [4.69, 9.17) is 9.47 Å². The third kappa shape index (κ3) is 15.0. The van der Waals surface area contributed by atoms with Gasteiger partial charge in [0.1, 0.15) is 11.6 Å². The van der Waals surface area contributed by atoms with Crippen molar-refractivity contribution in [1.29, 1.82) is 0 Å². The summed E-state index contributed by atoms with van der Waals surface area (Å²) in [6.07, 6.45) is 7.78. The zero-order valence-electron chi connectivity index (χ0n) is 31.5. The quantitative estimate of drug-likeness (QED) is 0.159. The predicted molar refractivity (Wildman–Crippen MR) is 209 cm³/mol. The lowest BCUT2D eigenvalue weighted by molar-refractivity contribution is -0.134. The summed E-state index contributed by atoms with van der Waals surface area (Å²) in [5.41, 5.74) is 0.184. The van der Waals surface area contributed by atoms with Gasteiger partial charge in [-0.05, 0) is 69.9 Å². The molecule has 1 saturated carbocycles. The van der Waals surface area contributed by atoms with Gasteiger partial charge in [-0.3, -0.25) is 9.59 Å². The molecule has 2 heterocycles. The third-order valence-electron chi connectivity index (χ3n) is 9.38. The molecule has 2 aliphatic rings. The molecule has 292 valence electrons. The largest absolute Gasteiger partial charge is 0.444 e. The molecule has 4 rings (SSSR count). The normalized spacial score (nSPS) is 17.9. The summed E-state index contributed by atoms with van der Waals surface area (Å²) in [6.45, 7) is 6.06. The Hall–Kier alpha value is -3.49. The van der Waals surface area contributed by atoms with Gasteiger partial charge >= 0.3 is 12.2 Å². The Balaban J connectivity index is 1.41. The van der Waals surface area contributed by atoms with E-state index in [2.05, 4.69) is 20.9 Å². The molecule has 1 aliphatic carbocycles. The number of ether oxygens (including phenoxy) is 2. The molecule has 12 nitrogen and oxygen atoms in total. The van der Waals surface area contributed by atoms with Crippen LogP contribution in [0.3, 0.4) is 0 Å². The topological polar surface area (TPSA) is 159 Å². The first-order valence-corrected chi connectivity index (χ1v) is 21.1. The highest BCUT2D eigenvalue weighted by Crippen LogP contribution is 2.29. The van der Waals surface area contributed by atoms with Crippen molar-refractivity contribution < 1.29 is 33.8 Å². The van der Waals surface area contributed by atoms with Crippen LogP contribution >= 0.6 is 23.5 Å². The Bertz CT molecular complexity index is 1430. The number of pyridine rings is 1. The predicted octanol–water partition coefficient (Wildman–Crippen LogP) is 5.57. The van der Waals surface area contributed by atoms with Crippen molar-refractivity contribution >= 4 is 47.5 Å². The van der Waals surface area contributed by atoms with Gasteiger partial charge in [-0.1, -0.05) is 68.5 Å². The van der Waals surface area contributed by atoms with E-state index in [1.807, 2.05) is 54.8 Å². The van der Waals surface area contributed by atoms with Gasteiger partial charge < -0.3 is 35.4 Å². The summed E-state index contributed by atoms with van der Waals surface area (Å²) in [5.74, 6) is 0.0755. The second-order valence-electron chi connectivity index (χ2n) is 14.9. The monoisotopic (exact) mass is 771 g/mol. The molecular formula is C39H57N5O7S2. The van der Waals surface area contributed by atoms with E-state index in [1.54, 1.807) is 27.0 Å². The highest BCUT2D eigenvalue weighted by Gasteiger charge is 2.34. The van der Waals surface area contributed by atoms with E-state index in [-0.39, 0.29) is 24.1 Å². The van der Waals surface area contributed by atoms with E-state index in [0.29, 0.717) is 44.0 Å². The number of rotatable bonds is 16. The van der Waals surface area contributed by atoms with Crippen LogP contribution < -0.4 is 16.0 Å². The SMILES string of the molecule is CSC[C@H](NC(=O)[C@H](Cc1ccccc1)OC(=O)N1CCC(NC(=O)OC(C)(C)C)CC1)C(=O)N[C@@H](CC1CCCCC1)[C@@H](O)CSc1ccccn1. The molecule has 2 aromatic rings. The van der Waals surface area contributed by atoms with Crippen LogP contribution in [0.5, 0.6) is 0 Å². The molecule has 0 bridgehead atoms. The minimum absolute atomic E-state index is 0.121. The highest BCUT2D eigenvalue weighted by atomic mass is 32.2. The summed E-state index contributed by atoms with van der Waals surface area (Å²) in [4.78, 5) is 59.4. The average Bonchev–Trinajstić information content (AvgIpc) is 3.13. The minimum atomic E-state index is -1.20. The smallest absolute Gasteiger partial charge is 0.410 e. The molecule has 2 fully saturated rings. The van der Waals surface area contributed by atoms with Crippen LogP contribution in [-0.4, -0.2) is 106 Å². The fourth-order valence-corrected chi connectivity index (χ4v) is 8.06. The maximum Gasteiger partial charge on any atom is 0.410 e. The molecule has 53 heavy (non-hydrogen) atoms. The van der Waals surface area contributed by atoms with Crippen molar-refractivity contribution in [2.75, 3.05) is 30.9 Å². The van der Waals surface area contributed by atoms with E-state index in [9.17, 15) is 24.3 Å². The van der Waals surface area contributed by atoms with Gasteiger partial charge in [-0.15, -0.1) is 11.8 Å². The second kappa shape index (κ2) is 21.4. The first-order valence-electron chi connectivity index (χ1n) is 18.7. The number of hydrogen-bond donors (Lipinski definition) is 4. The maximum atomic E-state index is 13.9. The van der Waals surface area contributed by atoms with Gasteiger partial charge in [0.05, 0.1) is 17.2 Å². The van der Waals surface area contributed by atoms with Crippen molar-refractivity contribution in [2.24, 2.45) is 5.92 Å². The summed E-state index contributed by atoms with van der Waals surface area (Å²) >= 11 is 2.85. The number of nitrogens with one attached hydrogen (secondary N) is 3. The fourth-order valence-electron chi connectivity index (χ4n) is 6.60. The first-order chi connectivity index (χ1) is 25.4. The molecule has 4 N–H and O–H groups in total. The average molecular weight is 772 g/mol. The van der Waals surface area contributed by atoms with E-state index < -0.39 is 48.0 Å². The van der Waals surface area contributed by atoms with Gasteiger partial charge in [0, 0.05) is 43.3 Å². The molecular weight excluding hydrogens is 715 g/mol. The Morgan fingerprint density at radius 2 is 1.62 bits per heavy atom. The molecule has 0 unspecified atom stereocenters. The van der Waals surface area contributed by atoms with Crippen molar-refractivity contribution in [3.8, 4) is 0 Å². The van der Waals surface area contributed by atoms with Crippen LogP contribution in [0.25, 0.3) is 0 Å². The summed E-state index contributed by atoms with van der Waals surface area (Å²) in [5, 5.41) is 21.0. The van der Waals surface area contributed by atoms with Gasteiger partial charge in [-0.25, -0.2) is 14.6 Å². The Labute approximate surface area is 322 Å². The Kier molecular flexibility index (Phi) is 17.1. The zero-order valence-corrected chi connectivity index (χ0v) is 33.1. The number of carbonyl (C=O) groups excluding carboxylic acids is 4. The molecule has 4 amide bonds. The fraction of sp³-hybridized carbons (Fsp3) is 0.615. The molecule has 0 spiro atoms. The third-order valence-corrected chi connectivity index (χ3v) is 11.1. The van der Waals surface area contributed by atoms with Crippen LogP contribution in [0.15, 0.2) is 59.8 Å². The van der Waals surface area contributed by atoms with Crippen molar-refractivity contribution in [3.63, 3.8) is 0 Å². The van der Waals surface area contributed by atoms with Crippen molar-refractivity contribution in [1.82, 2.24) is 25.8 Å². The van der Waals surface area contributed by atoms with Gasteiger partial charge in [-0.2, -0.15) is 11.8 Å². The van der Waals surface area contributed by atoms with Crippen molar-refractivity contribution in [3.05, 3.63) is 60.3 Å². The Morgan fingerprint density at radius 3 is 2.26 bits per heavy atom. The van der Waals surface area contributed by atoms with Crippen LogP contribution in [-0.2, 0) is 25.5 Å². The number of likely N-dealkylation sites (tertiary alicyclic amines) is 1. The summed E-state index contributed by atoms with van der Waals surface area (Å²) in [6, 6.07) is 13.3. The summed E-state index contributed by atoms with van der Waals surface area (Å²) in [7, 11) is 0. The number of alkyl carbamates (subject to hydrolysis) is 1. The summed E-state index contributed by atoms with van der Waals surface area (Å²) < 4.78 is 11.2. The second-order valence-corrected chi connectivity index (χ2v) is 16.8. The number of nitrogens with zero attached hydrogens (tertiary/aromatic N) is 2. The van der Waals surface area contributed by atoms with Crippen molar-refractivity contribution in [2.45, 2.75) is 120 Å². The number of aliphatic hydroxyl groups excluding tert-OH is 1. The maximum absolute atomic E-state index is 13.9. The number of hydrogen-bond acceptors (Lipinski definition) is 10. The lowest BCUT2D eigenvalue weighted by atomic mass is 9.84. The molecule has 14 heteroatoms. The van der Waals surface area contributed by atoms with Crippen LogP contribution in [0.2, 0.25) is 0 Å².